The molecular weight excluding hydrogens is 328 g/mol. The molecule has 0 bridgehead atoms. The molecule has 1 aliphatic carbocycles. The van der Waals surface area contributed by atoms with Crippen molar-refractivity contribution >= 4 is 5.91 Å². The monoisotopic (exact) mass is 353 g/mol. The van der Waals surface area contributed by atoms with E-state index in [1.807, 2.05) is 25.2 Å². The summed E-state index contributed by atoms with van der Waals surface area (Å²) >= 11 is 0. The van der Waals surface area contributed by atoms with Gasteiger partial charge in [-0.3, -0.25) is 4.79 Å². The van der Waals surface area contributed by atoms with E-state index in [1.165, 1.54) is 11.1 Å². The molecule has 1 amide bonds. The van der Waals surface area contributed by atoms with Crippen LogP contribution in [0.1, 0.15) is 35.6 Å². The number of amides is 1. The minimum atomic E-state index is 0.102. The summed E-state index contributed by atoms with van der Waals surface area (Å²) in [5.74, 6) is 1.68. The standard InChI is InChI=1S/C21H24N2O3/c1-23(12-15-9-10-19-20(11-15)26-14-25-19)13-21(24)22-18-8-4-6-16-5-2-3-7-17(16)18/h2-3,5,7,9-11,18H,4,6,8,12-14H2,1H3,(H,22,24)/p+1/t18-/m0/s1. The molecule has 26 heavy (non-hydrogen) atoms. The first-order valence-electron chi connectivity index (χ1n) is 9.26. The van der Waals surface area contributed by atoms with Gasteiger partial charge >= 0.3 is 0 Å². The van der Waals surface area contributed by atoms with E-state index in [4.69, 9.17) is 9.47 Å². The lowest BCUT2D eigenvalue weighted by atomic mass is 9.88. The van der Waals surface area contributed by atoms with Crippen LogP contribution < -0.4 is 19.7 Å². The molecule has 2 atom stereocenters. The maximum atomic E-state index is 12.5. The third-order valence-corrected chi connectivity index (χ3v) is 5.11. The highest BCUT2D eigenvalue weighted by atomic mass is 16.7. The second-order valence-electron chi connectivity index (χ2n) is 7.21. The topological polar surface area (TPSA) is 52.0 Å². The predicted molar refractivity (Wildman–Crippen MR) is 98.3 cm³/mol. The Labute approximate surface area is 153 Å². The average Bonchev–Trinajstić information content (AvgIpc) is 3.09. The highest BCUT2D eigenvalue weighted by molar-refractivity contribution is 5.77. The fourth-order valence-electron chi connectivity index (χ4n) is 3.89. The fourth-order valence-corrected chi connectivity index (χ4v) is 3.89. The van der Waals surface area contributed by atoms with Crippen molar-refractivity contribution in [3.05, 3.63) is 59.2 Å². The number of rotatable bonds is 5. The number of fused-ring (bicyclic) bond motifs is 2. The third kappa shape index (κ3) is 3.68. The van der Waals surface area contributed by atoms with E-state index in [2.05, 4.69) is 29.6 Å². The van der Waals surface area contributed by atoms with Gasteiger partial charge in [-0.1, -0.05) is 24.3 Å². The lowest BCUT2D eigenvalue weighted by Gasteiger charge is -2.26. The van der Waals surface area contributed by atoms with Gasteiger partial charge in [-0.2, -0.15) is 0 Å². The first kappa shape index (κ1) is 16.9. The fraction of sp³-hybridized carbons (Fsp3) is 0.381. The van der Waals surface area contributed by atoms with Crippen molar-refractivity contribution in [1.29, 1.82) is 0 Å². The molecule has 0 saturated carbocycles. The van der Waals surface area contributed by atoms with Crippen LogP contribution in [-0.4, -0.2) is 26.3 Å². The van der Waals surface area contributed by atoms with E-state index in [-0.39, 0.29) is 18.7 Å². The van der Waals surface area contributed by atoms with Crippen LogP contribution in [0.4, 0.5) is 0 Å². The van der Waals surface area contributed by atoms with E-state index in [0.29, 0.717) is 6.54 Å². The Morgan fingerprint density at radius 2 is 2.04 bits per heavy atom. The summed E-state index contributed by atoms with van der Waals surface area (Å²) in [6.45, 7) is 1.51. The molecule has 2 N–H and O–H groups in total. The summed E-state index contributed by atoms with van der Waals surface area (Å²) in [7, 11) is 2.04. The summed E-state index contributed by atoms with van der Waals surface area (Å²) in [4.78, 5) is 13.7. The zero-order valence-electron chi connectivity index (χ0n) is 15.1. The number of aryl methyl sites for hydroxylation is 1. The molecule has 5 nitrogen and oxygen atoms in total. The molecule has 0 radical (unpaired) electrons. The van der Waals surface area contributed by atoms with Crippen LogP contribution in [0, 0.1) is 0 Å². The Bertz CT molecular complexity index is 806. The minimum Gasteiger partial charge on any atom is -0.454 e. The van der Waals surface area contributed by atoms with Gasteiger partial charge < -0.3 is 19.7 Å². The molecule has 1 aliphatic heterocycles. The van der Waals surface area contributed by atoms with Crippen LogP contribution in [0.15, 0.2) is 42.5 Å². The van der Waals surface area contributed by atoms with Crippen molar-refractivity contribution in [2.45, 2.75) is 31.8 Å². The number of hydrogen-bond donors (Lipinski definition) is 2. The van der Waals surface area contributed by atoms with Crippen LogP contribution in [0.25, 0.3) is 0 Å². The van der Waals surface area contributed by atoms with Gasteiger partial charge in [-0.15, -0.1) is 0 Å². The summed E-state index contributed by atoms with van der Waals surface area (Å²) in [6.07, 6.45) is 3.25. The van der Waals surface area contributed by atoms with Crippen LogP contribution in [0.3, 0.4) is 0 Å². The lowest BCUT2D eigenvalue weighted by molar-refractivity contribution is -0.885. The number of hydrogen-bond acceptors (Lipinski definition) is 3. The second kappa shape index (κ2) is 7.38. The summed E-state index contributed by atoms with van der Waals surface area (Å²) in [6, 6.07) is 14.6. The van der Waals surface area contributed by atoms with Crippen molar-refractivity contribution in [3.63, 3.8) is 0 Å². The molecule has 2 aliphatic rings. The minimum absolute atomic E-state index is 0.102. The quantitative estimate of drug-likeness (QED) is 0.859. The normalized spacial score (nSPS) is 18.9. The number of quaternary nitrogens is 1. The smallest absolute Gasteiger partial charge is 0.275 e. The van der Waals surface area contributed by atoms with Gasteiger partial charge in [0.05, 0.1) is 13.1 Å². The van der Waals surface area contributed by atoms with Crippen molar-refractivity contribution in [1.82, 2.24) is 5.32 Å². The highest BCUT2D eigenvalue weighted by Gasteiger charge is 2.23. The van der Waals surface area contributed by atoms with E-state index < -0.39 is 0 Å². The van der Waals surface area contributed by atoms with Gasteiger partial charge in [0, 0.05) is 5.56 Å². The number of carbonyl (C=O) groups is 1. The lowest BCUT2D eigenvalue weighted by Crippen LogP contribution is -3.08. The SMILES string of the molecule is C[NH+](CC(=O)N[C@H]1CCCc2ccccc21)Cc1ccc2c(c1)OCO2. The van der Waals surface area contributed by atoms with Crippen LogP contribution in [-0.2, 0) is 17.8 Å². The van der Waals surface area contributed by atoms with Gasteiger partial charge in [0.2, 0.25) is 6.79 Å². The first-order chi connectivity index (χ1) is 12.7. The van der Waals surface area contributed by atoms with Gasteiger partial charge in [-0.05, 0) is 48.6 Å². The van der Waals surface area contributed by atoms with Crippen LogP contribution >= 0.6 is 0 Å². The number of nitrogens with one attached hydrogen (secondary N) is 2. The Morgan fingerprint density at radius 1 is 1.19 bits per heavy atom. The molecule has 0 aromatic heterocycles. The van der Waals surface area contributed by atoms with E-state index in [9.17, 15) is 4.79 Å². The molecule has 2 aromatic rings. The highest BCUT2D eigenvalue weighted by Crippen LogP contribution is 2.32. The first-order valence-corrected chi connectivity index (χ1v) is 9.26. The number of ether oxygens (including phenoxy) is 2. The van der Waals surface area contributed by atoms with E-state index in [1.54, 1.807) is 0 Å². The maximum Gasteiger partial charge on any atom is 0.275 e. The summed E-state index contributed by atoms with van der Waals surface area (Å²) in [5.41, 5.74) is 3.79. The van der Waals surface area contributed by atoms with E-state index in [0.717, 1.165) is 47.8 Å². The third-order valence-electron chi connectivity index (χ3n) is 5.11. The Kier molecular flexibility index (Phi) is 4.80. The van der Waals surface area contributed by atoms with Gasteiger partial charge in [0.25, 0.3) is 5.91 Å². The summed E-state index contributed by atoms with van der Waals surface area (Å²) in [5, 5.41) is 3.23. The number of benzene rings is 2. The molecule has 0 fully saturated rings. The molecule has 1 unspecified atom stereocenters. The van der Waals surface area contributed by atoms with E-state index >= 15 is 0 Å². The maximum absolute atomic E-state index is 12.5. The molecule has 0 saturated heterocycles. The predicted octanol–water partition coefficient (Wildman–Crippen LogP) is 1.62. The second-order valence-corrected chi connectivity index (χ2v) is 7.21. The largest absolute Gasteiger partial charge is 0.454 e. The number of likely N-dealkylation sites (N-methyl/N-ethyl adjacent to an activating group) is 1. The van der Waals surface area contributed by atoms with Crippen LogP contribution in [0.2, 0.25) is 0 Å². The zero-order chi connectivity index (χ0) is 17.9. The molecule has 136 valence electrons. The van der Waals surface area contributed by atoms with Crippen molar-refractivity contribution < 1.29 is 19.2 Å². The van der Waals surface area contributed by atoms with Gasteiger partial charge in [-0.25, -0.2) is 0 Å². The summed E-state index contributed by atoms with van der Waals surface area (Å²) < 4.78 is 10.8. The van der Waals surface area contributed by atoms with Crippen molar-refractivity contribution in [2.75, 3.05) is 20.4 Å². The molecule has 4 rings (SSSR count). The molecule has 1 heterocycles. The molecule has 5 heteroatoms. The van der Waals surface area contributed by atoms with Gasteiger partial charge in [0.15, 0.2) is 18.0 Å². The van der Waals surface area contributed by atoms with Gasteiger partial charge in [0.1, 0.15) is 6.54 Å². The molecular formula is C21H25N2O3+. The van der Waals surface area contributed by atoms with Crippen LogP contribution in [0.5, 0.6) is 11.5 Å². The molecule has 0 spiro atoms. The zero-order valence-corrected chi connectivity index (χ0v) is 15.1. The average molecular weight is 353 g/mol. The van der Waals surface area contributed by atoms with Crippen molar-refractivity contribution in [3.8, 4) is 11.5 Å². The molecule has 2 aromatic carbocycles. The Hall–Kier alpha value is -2.53. The Morgan fingerprint density at radius 3 is 2.96 bits per heavy atom. The van der Waals surface area contributed by atoms with Crippen molar-refractivity contribution in [2.24, 2.45) is 0 Å². The number of carbonyl (C=O) groups excluding carboxylic acids is 1. The Balaban J connectivity index is 1.33.